The second kappa shape index (κ2) is 4.52. The van der Waals surface area contributed by atoms with Crippen molar-refractivity contribution in [3.05, 3.63) is 53.7 Å². The first-order valence-corrected chi connectivity index (χ1v) is 5.06. The molecule has 2 rings (SSSR count). The zero-order chi connectivity index (χ0) is 12.3. The second-order valence-corrected chi connectivity index (χ2v) is 3.49. The Kier molecular flexibility index (Phi) is 2.91. The SMILES string of the molecule is Nc1ccccc1N=[N+]([O-])c1ccccc1N. The van der Waals surface area contributed by atoms with Gasteiger partial charge in [0.25, 0.3) is 5.69 Å². The average molecular weight is 228 g/mol. The van der Waals surface area contributed by atoms with Gasteiger partial charge < -0.3 is 16.7 Å². The van der Waals surface area contributed by atoms with E-state index in [9.17, 15) is 5.21 Å². The molecule has 0 bridgehead atoms. The number of nitrogens with two attached hydrogens (primary N) is 2. The Hall–Kier alpha value is -2.56. The predicted octanol–water partition coefficient (Wildman–Crippen LogP) is 2.78. The summed E-state index contributed by atoms with van der Waals surface area (Å²) in [5.41, 5.74) is 12.9. The van der Waals surface area contributed by atoms with E-state index >= 15 is 0 Å². The summed E-state index contributed by atoms with van der Waals surface area (Å²) in [5.74, 6) is 0. The van der Waals surface area contributed by atoms with Crippen molar-refractivity contribution < 1.29 is 4.86 Å². The van der Waals surface area contributed by atoms with E-state index in [1.165, 1.54) is 0 Å². The maximum absolute atomic E-state index is 11.8. The molecule has 0 amide bonds. The molecule has 0 heterocycles. The van der Waals surface area contributed by atoms with Gasteiger partial charge in [-0.3, -0.25) is 0 Å². The van der Waals surface area contributed by atoms with Crippen LogP contribution in [-0.2, 0) is 0 Å². The van der Waals surface area contributed by atoms with Gasteiger partial charge in [-0.05, 0) is 23.1 Å². The van der Waals surface area contributed by atoms with E-state index in [2.05, 4.69) is 5.11 Å². The summed E-state index contributed by atoms with van der Waals surface area (Å²) < 4.78 is 0. The molecule has 0 fully saturated rings. The van der Waals surface area contributed by atoms with Crippen molar-refractivity contribution in [3.8, 4) is 0 Å². The number of benzene rings is 2. The maximum atomic E-state index is 11.8. The van der Waals surface area contributed by atoms with Crippen LogP contribution < -0.4 is 11.5 Å². The van der Waals surface area contributed by atoms with Crippen LogP contribution in [0.15, 0.2) is 53.6 Å². The van der Waals surface area contributed by atoms with Crippen molar-refractivity contribution in [1.29, 1.82) is 0 Å². The number of hydrogen-bond acceptors (Lipinski definition) is 4. The molecule has 0 aliphatic carbocycles. The highest BCUT2D eigenvalue weighted by molar-refractivity contribution is 5.61. The summed E-state index contributed by atoms with van der Waals surface area (Å²) in [6.45, 7) is 0. The van der Waals surface area contributed by atoms with Crippen molar-refractivity contribution in [2.24, 2.45) is 5.11 Å². The summed E-state index contributed by atoms with van der Waals surface area (Å²) in [6.07, 6.45) is 0. The molecule has 0 radical (unpaired) electrons. The fourth-order valence-corrected chi connectivity index (χ4v) is 1.39. The molecule has 0 saturated heterocycles. The Bertz CT molecular complexity index is 566. The van der Waals surface area contributed by atoms with E-state index in [4.69, 9.17) is 11.5 Å². The number of anilines is 2. The van der Waals surface area contributed by atoms with Gasteiger partial charge in [-0.2, -0.15) is 0 Å². The standard InChI is InChI=1S/C12H12N4O/c13-9-5-1-3-7-11(9)15-16(17)12-8-4-2-6-10(12)14/h1-8H,13-14H2. The van der Waals surface area contributed by atoms with E-state index < -0.39 is 0 Å². The number of nitrogen functional groups attached to an aromatic ring is 2. The summed E-state index contributed by atoms with van der Waals surface area (Å²) >= 11 is 0. The van der Waals surface area contributed by atoms with Gasteiger partial charge in [-0.15, -0.1) is 0 Å². The van der Waals surface area contributed by atoms with Gasteiger partial charge in [0.15, 0.2) is 5.69 Å². The fourth-order valence-electron chi connectivity index (χ4n) is 1.39. The van der Waals surface area contributed by atoms with Crippen molar-refractivity contribution in [3.63, 3.8) is 0 Å². The van der Waals surface area contributed by atoms with Crippen molar-refractivity contribution >= 4 is 22.7 Å². The molecule has 0 aromatic heterocycles. The quantitative estimate of drug-likeness (QED) is 0.358. The number of rotatable bonds is 2. The van der Waals surface area contributed by atoms with E-state index in [0.29, 0.717) is 27.6 Å². The first kappa shape index (κ1) is 10.9. The lowest BCUT2D eigenvalue weighted by molar-refractivity contribution is -0.434. The number of hydrogen-bond donors (Lipinski definition) is 2. The van der Waals surface area contributed by atoms with Crippen LogP contribution in [0.2, 0.25) is 0 Å². The third-order valence-corrected chi connectivity index (χ3v) is 2.28. The average Bonchev–Trinajstić information content (AvgIpc) is 2.32. The molecule has 0 aliphatic heterocycles. The summed E-state index contributed by atoms with van der Waals surface area (Å²) in [5, 5.41) is 15.7. The van der Waals surface area contributed by atoms with Crippen LogP contribution in [0.3, 0.4) is 0 Å². The Labute approximate surface area is 98.6 Å². The van der Waals surface area contributed by atoms with Crippen LogP contribution in [0, 0.1) is 5.21 Å². The molecule has 0 atom stereocenters. The Balaban J connectivity index is 2.42. The van der Waals surface area contributed by atoms with Crippen LogP contribution in [0.1, 0.15) is 0 Å². The summed E-state index contributed by atoms with van der Waals surface area (Å²) in [7, 11) is 0. The summed E-state index contributed by atoms with van der Waals surface area (Å²) in [6, 6.07) is 13.6. The smallest absolute Gasteiger partial charge is 0.267 e. The first-order chi connectivity index (χ1) is 8.18. The van der Waals surface area contributed by atoms with Crippen LogP contribution in [0.5, 0.6) is 0 Å². The van der Waals surface area contributed by atoms with E-state index in [1.807, 2.05) is 0 Å². The number of para-hydroxylation sites is 3. The zero-order valence-corrected chi connectivity index (χ0v) is 9.08. The minimum atomic E-state index is 0.302. The topological polar surface area (TPSA) is 90.5 Å². The zero-order valence-electron chi connectivity index (χ0n) is 9.08. The van der Waals surface area contributed by atoms with Gasteiger partial charge in [-0.25, -0.2) is 0 Å². The molecular weight excluding hydrogens is 216 g/mol. The van der Waals surface area contributed by atoms with Crippen molar-refractivity contribution in [2.75, 3.05) is 11.5 Å². The van der Waals surface area contributed by atoms with Gasteiger partial charge in [-0.1, -0.05) is 24.3 Å². The minimum Gasteiger partial charge on any atom is -0.594 e. The largest absolute Gasteiger partial charge is 0.594 e. The number of azo groups is 1. The van der Waals surface area contributed by atoms with E-state index in [-0.39, 0.29) is 0 Å². The lowest BCUT2D eigenvalue weighted by Crippen LogP contribution is -1.96. The van der Waals surface area contributed by atoms with Gasteiger partial charge in [0, 0.05) is 11.2 Å². The first-order valence-electron chi connectivity index (χ1n) is 5.06. The molecule has 5 nitrogen and oxygen atoms in total. The molecular formula is C12H12N4O. The van der Waals surface area contributed by atoms with Crippen LogP contribution >= 0.6 is 0 Å². The molecule has 2 aromatic rings. The highest BCUT2D eigenvalue weighted by Gasteiger charge is 2.08. The normalized spacial score (nSPS) is 11.4. The molecule has 0 aliphatic rings. The predicted molar refractivity (Wildman–Crippen MR) is 67.1 cm³/mol. The lowest BCUT2D eigenvalue weighted by atomic mass is 10.3. The van der Waals surface area contributed by atoms with Crippen LogP contribution in [-0.4, -0.2) is 4.86 Å². The van der Waals surface area contributed by atoms with Crippen molar-refractivity contribution in [2.45, 2.75) is 0 Å². The fraction of sp³-hybridized carbons (Fsp3) is 0. The second-order valence-electron chi connectivity index (χ2n) is 3.49. The van der Waals surface area contributed by atoms with Gasteiger partial charge >= 0.3 is 0 Å². The van der Waals surface area contributed by atoms with Gasteiger partial charge in [0.05, 0.1) is 5.69 Å². The molecule has 17 heavy (non-hydrogen) atoms. The minimum absolute atomic E-state index is 0.302. The highest BCUT2D eigenvalue weighted by atomic mass is 16.5. The van der Waals surface area contributed by atoms with Gasteiger partial charge in [0.1, 0.15) is 5.69 Å². The Morgan fingerprint density at radius 3 is 2.12 bits per heavy atom. The monoisotopic (exact) mass is 228 g/mol. The third kappa shape index (κ3) is 2.34. The van der Waals surface area contributed by atoms with Gasteiger partial charge in [0.2, 0.25) is 0 Å². The van der Waals surface area contributed by atoms with Crippen LogP contribution in [0.4, 0.5) is 22.7 Å². The third-order valence-electron chi connectivity index (χ3n) is 2.28. The molecule has 5 heteroatoms. The molecule has 2 aromatic carbocycles. The Morgan fingerprint density at radius 1 is 0.882 bits per heavy atom. The summed E-state index contributed by atoms with van der Waals surface area (Å²) in [4.78, 5) is 0.473. The lowest BCUT2D eigenvalue weighted by Gasteiger charge is -2.03. The molecule has 86 valence electrons. The molecule has 4 N–H and O–H groups in total. The highest BCUT2D eigenvalue weighted by Crippen LogP contribution is 2.25. The van der Waals surface area contributed by atoms with E-state index in [0.717, 1.165) is 0 Å². The molecule has 0 spiro atoms. The maximum Gasteiger partial charge on any atom is 0.267 e. The van der Waals surface area contributed by atoms with E-state index in [1.54, 1.807) is 48.5 Å². The molecule has 0 saturated carbocycles. The van der Waals surface area contributed by atoms with Crippen LogP contribution in [0.25, 0.3) is 0 Å². The van der Waals surface area contributed by atoms with Crippen molar-refractivity contribution in [1.82, 2.24) is 0 Å². The Morgan fingerprint density at radius 2 is 1.47 bits per heavy atom. The molecule has 0 unspecified atom stereocenters. The number of nitrogens with zero attached hydrogens (tertiary/aromatic N) is 2.